The Hall–Kier alpha value is -1.79. The van der Waals surface area contributed by atoms with Crippen molar-refractivity contribution in [3.05, 3.63) is 35.4 Å². The standard InChI is InChI=1S/C17H22N2O/c1-13(2)16-9-11-19(12-16)17(20)15-7-5-14(6-8-15)4-3-10-18/h5-8,13,16H,9-12,18H2,1-2H3. The average Bonchev–Trinajstić information content (AvgIpc) is 2.95. The Balaban J connectivity index is 2.03. The monoisotopic (exact) mass is 270 g/mol. The summed E-state index contributed by atoms with van der Waals surface area (Å²) in [6.07, 6.45) is 1.11. The van der Waals surface area contributed by atoms with Crippen molar-refractivity contribution in [3.8, 4) is 11.8 Å². The maximum atomic E-state index is 12.4. The molecular weight excluding hydrogens is 248 g/mol. The van der Waals surface area contributed by atoms with Crippen molar-refractivity contribution in [2.45, 2.75) is 20.3 Å². The third kappa shape index (κ3) is 3.40. The van der Waals surface area contributed by atoms with Crippen LogP contribution in [0.15, 0.2) is 24.3 Å². The summed E-state index contributed by atoms with van der Waals surface area (Å²) < 4.78 is 0. The van der Waals surface area contributed by atoms with Gasteiger partial charge in [0.15, 0.2) is 0 Å². The Morgan fingerprint density at radius 3 is 2.65 bits per heavy atom. The summed E-state index contributed by atoms with van der Waals surface area (Å²) in [6.45, 7) is 6.56. The van der Waals surface area contributed by atoms with Crippen LogP contribution in [0.5, 0.6) is 0 Å². The van der Waals surface area contributed by atoms with Gasteiger partial charge in [-0.15, -0.1) is 0 Å². The van der Waals surface area contributed by atoms with E-state index in [0.29, 0.717) is 18.4 Å². The van der Waals surface area contributed by atoms with Gasteiger partial charge in [0.05, 0.1) is 6.54 Å². The van der Waals surface area contributed by atoms with E-state index in [1.807, 2.05) is 29.2 Å². The normalized spacial score (nSPS) is 18.0. The number of nitrogens with two attached hydrogens (primary N) is 1. The molecule has 0 aromatic heterocycles. The Labute approximate surface area is 121 Å². The smallest absolute Gasteiger partial charge is 0.253 e. The van der Waals surface area contributed by atoms with E-state index in [-0.39, 0.29) is 5.91 Å². The second-order valence-corrected chi connectivity index (χ2v) is 5.63. The number of rotatable bonds is 2. The lowest BCUT2D eigenvalue weighted by Crippen LogP contribution is -2.29. The second kappa shape index (κ2) is 6.58. The van der Waals surface area contributed by atoms with Crippen LogP contribution in [-0.4, -0.2) is 30.4 Å². The van der Waals surface area contributed by atoms with Crippen LogP contribution in [0.25, 0.3) is 0 Å². The molecule has 3 nitrogen and oxygen atoms in total. The summed E-state index contributed by atoms with van der Waals surface area (Å²) in [5, 5.41) is 0. The van der Waals surface area contributed by atoms with Crippen LogP contribution in [0.1, 0.15) is 36.2 Å². The molecule has 0 aliphatic carbocycles. The highest BCUT2D eigenvalue weighted by Crippen LogP contribution is 2.24. The number of carbonyl (C=O) groups excluding carboxylic acids is 1. The summed E-state index contributed by atoms with van der Waals surface area (Å²) in [5.41, 5.74) is 6.98. The Bertz CT molecular complexity index is 522. The van der Waals surface area contributed by atoms with Crippen molar-refractivity contribution < 1.29 is 4.79 Å². The zero-order valence-electron chi connectivity index (χ0n) is 12.2. The first-order chi connectivity index (χ1) is 9.61. The molecule has 20 heavy (non-hydrogen) atoms. The molecule has 1 heterocycles. The predicted molar refractivity (Wildman–Crippen MR) is 81.2 cm³/mol. The van der Waals surface area contributed by atoms with Gasteiger partial charge in [-0.3, -0.25) is 4.79 Å². The van der Waals surface area contributed by atoms with E-state index in [0.717, 1.165) is 30.6 Å². The number of hydrogen-bond acceptors (Lipinski definition) is 2. The molecule has 1 atom stereocenters. The highest BCUT2D eigenvalue weighted by atomic mass is 16.2. The molecule has 3 heteroatoms. The van der Waals surface area contributed by atoms with E-state index < -0.39 is 0 Å². The first-order valence-corrected chi connectivity index (χ1v) is 7.20. The molecule has 2 rings (SSSR count). The number of likely N-dealkylation sites (tertiary alicyclic amines) is 1. The van der Waals surface area contributed by atoms with Gasteiger partial charge in [0.25, 0.3) is 5.91 Å². The number of hydrogen-bond donors (Lipinski definition) is 1. The summed E-state index contributed by atoms with van der Waals surface area (Å²) >= 11 is 0. The van der Waals surface area contributed by atoms with Crippen LogP contribution in [0, 0.1) is 23.7 Å². The molecule has 1 aromatic carbocycles. The van der Waals surface area contributed by atoms with Crippen molar-refractivity contribution in [1.29, 1.82) is 0 Å². The lowest BCUT2D eigenvalue weighted by molar-refractivity contribution is 0.0784. The van der Waals surface area contributed by atoms with Crippen molar-refractivity contribution in [3.63, 3.8) is 0 Å². The molecule has 1 unspecified atom stereocenters. The maximum Gasteiger partial charge on any atom is 0.253 e. The van der Waals surface area contributed by atoms with Gasteiger partial charge in [-0.2, -0.15) is 0 Å². The molecule has 106 valence electrons. The van der Waals surface area contributed by atoms with Gasteiger partial charge in [0.1, 0.15) is 0 Å². The molecule has 1 aliphatic rings. The van der Waals surface area contributed by atoms with Crippen LogP contribution in [0.2, 0.25) is 0 Å². The fourth-order valence-corrected chi connectivity index (χ4v) is 2.55. The Morgan fingerprint density at radius 2 is 2.10 bits per heavy atom. The maximum absolute atomic E-state index is 12.4. The largest absolute Gasteiger partial charge is 0.338 e. The van der Waals surface area contributed by atoms with Crippen LogP contribution in [0.4, 0.5) is 0 Å². The van der Waals surface area contributed by atoms with Crippen molar-refractivity contribution in [2.75, 3.05) is 19.6 Å². The van der Waals surface area contributed by atoms with Gasteiger partial charge in [-0.25, -0.2) is 0 Å². The van der Waals surface area contributed by atoms with Crippen molar-refractivity contribution >= 4 is 5.91 Å². The van der Waals surface area contributed by atoms with Crippen LogP contribution in [0.3, 0.4) is 0 Å². The molecule has 2 N–H and O–H groups in total. The predicted octanol–water partition coefficient (Wildman–Crippen LogP) is 2.11. The zero-order chi connectivity index (χ0) is 14.5. The topological polar surface area (TPSA) is 46.3 Å². The first kappa shape index (κ1) is 14.6. The fraction of sp³-hybridized carbons (Fsp3) is 0.471. The molecule has 1 amide bonds. The second-order valence-electron chi connectivity index (χ2n) is 5.63. The van der Waals surface area contributed by atoms with E-state index in [2.05, 4.69) is 25.7 Å². The number of nitrogens with zero attached hydrogens (tertiary/aromatic N) is 1. The van der Waals surface area contributed by atoms with Gasteiger partial charge in [0, 0.05) is 24.2 Å². The molecule has 1 fully saturated rings. The van der Waals surface area contributed by atoms with Crippen LogP contribution >= 0.6 is 0 Å². The lowest BCUT2D eigenvalue weighted by atomic mass is 9.95. The highest BCUT2D eigenvalue weighted by molar-refractivity contribution is 5.94. The number of benzene rings is 1. The Kier molecular flexibility index (Phi) is 4.81. The summed E-state index contributed by atoms with van der Waals surface area (Å²) in [4.78, 5) is 14.4. The lowest BCUT2D eigenvalue weighted by Gasteiger charge is -2.18. The minimum absolute atomic E-state index is 0.131. The Morgan fingerprint density at radius 1 is 1.40 bits per heavy atom. The molecular formula is C17H22N2O. The van der Waals surface area contributed by atoms with E-state index in [1.165, 1.54) is 0 Å². The molecule has 1 aromatic rings. The van der Waals surface area contributed by atoms with Gasteiger partial charge < -0.3 is 10.6 Å². The van der Waals surface area contributed by atoms with E-state index >= 15 is 0 Å². The SMILES string of the molecule is CC(C)C1CCN(C(=O)c2ccc(C#CCN)cc2)C1. The third-order valence-electron chi connectivity index (χ3n) is 3.92. The van der Waals surface area contributed by atoms with E-state index in [4.69, 9.17) is 5.73 Å². The van der Waals surface area contributed by atoms with Crippen LogP contribution < -0.4 is 5.73 Å². The van der Waals surface area contributed by atoms with E-state index in [9.17, 15) is 4.79 Å². The minimum atomic E-state index is 0.131. The molecule has 0 saturated carbocycles. The third-order valence-corrected chi connectivity index (χ3v) is 3.92. The first-order valence-electron chi connectivity index (χ1n) is 7.20. The van der Waals surface area contributed by atoms with Crippen LogP contribution in [-0.2, 0) is 0 Å². The summed E-state index contributed by atoms with van der Waals surface area (Å²) in [7, 11) is 0. The number of amides is 1. The zero-order valence-corrected chi connectivity index (χ0v) is 12.2. The van der Waals surface area contributed by atoms with E-state index in [1.54, 1.807) is 0 Å². The van der Waals surface area contributed by atoms with Crippen molar-refractivity contribution in [2.24, 2.45) is 17.6 Å². The molecule has 0 radical (unpaired) electrons. The minimum Gasteiger partial charge on any atom is -0.338 e. The molecule has 1 saturated heterocycles. The highest BCUT2D eigenvalue weighted by Gasteiger charge is 2.28. The summed E-state index contributed by atoms with van der Waals surface area (Å²) in [5.74, 6) is 7.18. The molecule has 0 bridgehead atoms. The average molecular weight is 270 g/mol. The van der Waals surface area contributed by atoms with Gasteiger partial charge >= 0.3 is 0 Å². The van der Waals surface area contributed by atoms with Gasteiger partial charge in [0.2, 0.25) is 0 Å². The molecule has 0 spiro atoms. The van der Waals surface area contributed by atoms with Gasteiger partial charge in [-0.05, 0) is 42.5 Å². The van der Waals surface area contributed by atoms with Gasteiger partial charge in [-0.1, -0.05) is 25.7 Å². The van der Waals surface area contributed by atoms with Crippen molar-refractivity contribution in [1.82, 2.24) is 4.90 Å². The molecule has 1 aliphatic heterocycles. The fourth-order valence-electron chi connectivity index (χ4n) is 2.55. The number of carbonyl (C=O) groups is 1. The summed E-state index contributed by atoms with van der Waals surface area (Å²) in [6, 6.07) is 7.47. The quantitative estimate of drug-likeness (QED) is 0.837.